The second kappa shape index (κ2) is 6.93. The van der Waals surface area contributed by atoms with Crippen LogP contribution in [-0.2, 0) is 18.3 Å². The van der Waals surface area contributed by atoms with E-state index in [0.717, 1.165) is 22.1 Å². The number of aromatic nitrogens is 2. The molecule has 0 saturated carbocycles. The fraction of sp³-hybridized carbons (Fsp3) is 0.286. The van der Waals surface area contributed by atoms with E-state index in [1.54, 1.807) is 17.7 Å². The van der Waals surface area contributed by atoms with Gasteiger partial charge in [0.15, 0.2) is 0 Å². The Balaban J connectivity index is 1.80. The number of halogens is 1. The van der Waals surface area contributed by atoms with E-state index >= 15 is 0 Å². The van der Waals surface area contributed by atoms with Crippen molar-refractivity contribution in [2.24, 2.45) is 7.05 Å². The Morgan fingerprint density at radius 1 is 1.15 bits per heavy atom. The fourth-order valence-corrected chi connectivity index (χ4v) is 4.15. The molecule has 138 valence electrons. The van der Waals surface area contributed by atoms with E-state index < -0.39 is 0 Å². The zero-order chi connectivity index (χ0) is 19.1. The molecule has 1 aromatic heterocycles. The zero-order valence-electron chi connectivity index (χ0n) is 15.3. The predicted octanol–water partition coefficient (Wildman–Crippen LogP) is 3.78. The number of hydrogen-bond acceptors (Lipinski definition) is 3. The summed E-state index contributed by atoms with van der Waals surface area (Å²) < 4.78 is 2.51. The highest BCUT2D eigenvalue weighted by atomic mass is 79.9. The number of benzene rings is 2. The minimum absolute atomic E-state index is 0.0763. The van der Waals surface area contributed by atoms with Crippen LogP contribution in [0.2, 0.25) is 0 Å². The third kappa shape index (κ3) is 2.98. The summed E-state index contributed by atoms with van der Waals surface area (Å²) in [6, 6.07) is 13.3. The van der Waals surface area contributed by atoms with E-state index in [2.05, 4.69) is 27.8 Å². The lowest BCUT2D eigenvalue weighted by Gasteiger charge is -2.17. The zero-order valence-corrected chi connectivity index (χ0v) is 16.9. The van der Waals surface area contributed by atoms with Gasteiger partial charge in [0.2, 0.25) is 5.91 Å². The Morgan fingerprint density at radius 3 is 2.70 bits per heavy atom. The van der Waals surface area contributed by atoms with Crippen LogP contribution in [0.3, 0.4) is 0 Å². The standard InChI is InChI=1S/C21H20BrN3O2/c1-3-10-25-18-9-8-13(22)11-15(18)16(21(25)27)12-19-23-17-7-5-4-6-14(17)20(26)24(19)2/h4-9,11,16H,3,10,12H2,1-2H3/t16-/m0/s1. The lowest BCUT2D eigenvalue weighted by molar-refractivity contribution is -0.119. The molecule has 0 unspecified atom stereocenters. The molecular weight excluding hydrogens is 406 g/mol. The number of hydrogen-bond donors (Lipinski definition) is 0. The van der Waals surface area contributed by atoms with Crippen molar-refractivity contribution in [2.45, 2.75) is 25.7 Å². The molecule has 0 saturated heterocycles. The molecule has 2 aromatic carbocycles. The molecule has 1 aliphatic heterocycles. The molecule has 2 heterocycles. The number of carbonyl (C=O) groups excluding carboxylic acids is 1. The molecule has 6 heteroatoms. The van der Waals surface area contributed by atoms with Crippen molar-refractivity contribution < 1.29 is 4.79 Å². The van der Waals surface area contributed by atoms with Crippen LogP contribution in [0.25, 0.3) is 10.9 Å². The first-order valence-electron chi connectivity index (χ1n) is 9.06. The van der Waals surface area contributed by atoms with Crippen LogP contribution < -0.4 is 10.5 Å². The van der Waals surface area contributed by atoms with E-state index in [4.69, 9.17) is 0 Å². The van der Waals surface area contributed by atoms with Crippen molar-refractivity contribution in [2.75, 3.05) is 11.4 Å². The lowest BCUT2D eigenvalue weighted by atomic mass is 9.96. The number of rotatable bonds is 4. The molecule has 3 aromatic rings. The van der Waals surface area contributed by atoms with Crippen molar-refractivity contribution in [1.29, 1.82) is 0 Å². The quantitative estimate of drug-likeness (QED) is 0.638. The predicted molar refractivity (Wildman–Crippen MR) is 110 cm³/mol. The van der Waals surface area contributed by atoms with Gasteiger partial charge in [-0.05, 0) is 42.3 Å². The van der Waals surface area contributed by atoms with Crippen molar-refractivity contribution in [1.82, 2.24) is 9.55 Å². The van der Waals surface area contributed by atoms with Gasteiger partial charge in [-0.25, -0.2) is 4.98 Å². The normalized spacial score (nSPS) is 16.2. The maximum absolute atomic E-state index is 13.1. The number of amides is 1. The summed E-state index contributed by atoms with van der Waals surface area (Å²) in [5.74, 6) is 0.372. The highest BCUT2D eigenvalue weighted by Gasteiger charge is 2.37. The molecule has 27 heavy (non-hydrogen) atoms. The Labute approximate surface area is 165 Å². The molecule has 0 aliphatic carbocycles. The Morgan fingerprint density at radius 2 is 1.93 bits per heavy atom. The first kappa shape index (κ1) is 17.9. The Kier molecular flexibility index (Phi) is 4.60. The van der Waals surface area contributed by atoms with Gasteiger partial charge in [0, 0.05) is 30.2 Å². The summed E-state index contributed by atoms with van der Waals surface area (Å²) in [5, 5.41) is 0.595. The summed E-state index contributed by atoms with van der Waals surface area (Å²) in [6.45, 7) is 2.75. The summed E-state index contributed by atoms with van der Waals surface area (Å²) in [7, 11) is 1.72. The van der Waals surface area contributed by atoms with Crippen molar-refractivity contribution in [3.8, 4) is 0 Å². The topological polar surface area (TPSA) is 55.2 Å². The summed E-state index contributed by atoms with van der Waals surface area (Å²) in [4.78, 5) is 32.3. The van der Waals surface area contributed by atoms with Gasteiger partial charge in [0.25, 0.3) is 5.56 Å². The number of carbonyl (C=O) groups is 1. The molecule has 0 radical (unpaired) electrons. The summed E-state index contributed by atoms with van der Waals surface area (Å²) in [5.41, 5.74) is 2.54. The minimum Gasteiger partial charge on any atom is -0.312 e. The maximum Gasteiger partial charge on any atom is 0.261 e. The number of nitrogens with zero attached hydrogens (tertiary/aromatic N) is 3. The summed E-state index contributed by atoms with van der Waals surface area (Å²) >= 11 is 3.51. The van der Waals surface area contributed by atoms with Crippen LogP contribution in [-0.4, -0.2) is 22.0 Å². The molecule has 0 bridgehead atoms. The largest absolute Gasteiger partial charge is 0.312 e. The Bertz CT molecular complexity index is 1110. The van der Waals surface area contributed by atoms with Crippen LogP contribution >= 0.6 is 15.9 Å². The molecule has 0 N–H and O–H groups in total. The van der Waals surface area contributed by atoms with Gasteiger partial charge in [-0.15, -0.1) is 0 Å². The SMILES string of the molecule is CCCN1C(=O)[C@@H](Cc2nc3ccccc3c(=O)n2C)c2cc(Br)ccc21. The molecule has 0 spiro atoms. The van der Waals surface area contributed by atoms with E-state index in [0.29, 0.717) is 29.7 Å². The molecule has 1 atom stereocenters. The van der Waals surface area contributed by atoms with E-state index in [1.807, 2.05) is 41.3 Å². The molecule has 4 rings (SSSR count). The lowest BCUT2D eigenvalue weighted by Crippen LogP contribution is -2.31. The van der Waals surface area contributed by atoms with Gasteiger partial charge >= 0.3 is 0 Å². The van der Waals surface area contributed by atoms with Gasteiger partial charge in [-0.1, -0.05) is 35.0 Å². The van der Waals surface area contributed by atoms with E-state index in [-0.39, 0.29) is 17.4 Å². The van der Waals surface area contributed by atoms with Crippen molar-refractivity contribution in [3.05, 3.63) is 68.7 Å². The average Bonchev–Trinajstić information content (AvgIpc) is 2.91. The minimum atomic E-state index is -0.330. The smallest absolute Gasteiger partial charge is 0.261 e. The molecule has 1 aliphatic rings. The maximum atomic E-state index is 13.1. The van der Waals surface area contributed by atoms with Gasteiger partial charge in [0.05, 0.1) is 16.8 Å². The van der Waals surface area contributed by atoms with Crippen LogP contribution in [0.4, 0.5) is 5.69 Å². The van der Waals surface area contributed by atoms with Gasteiger partial charge in [-0.2, -0.15) is 0 Å². The van der Waals surface area contributed by atoms with E-state index in [9.17, 15) is 9.59 Å². The van der Waals surface area contributed by atoms with Crippen molar-refractivity contribution in [3.63, 3.8) is 0 Å². The molecule has 0 fully saturated rings. The van der Waals surface area contributed by atoms with Gasteiger partial charge in [-0.3, -0.25) is 14.2 Å². The number of anilines is 1. The fourth-order valence-electron chi connectivity index (χ4n) is 3.77. The highest BCUT2D eigenvalue weighted by molar-refractivity contribution is 9.10. The van der Waals surface area contributed by atoms with Gasteiger partial charge in [0.1, 0.15) is 5.82 Å². The monoisotopic (exact) mass is 425 g/mol. The van der Waals surface area contributed by atoms with Crippen LogP contribution in [0.15, 0.2) is 51.7 Å². The number of para-hydroxylation sites is 1. The third-order valence-electron chi connectivity index (χ3n) is 5.13. The first-order valence-corrected chi connectivity index (χ1v) is 9.86. The second-order valence-electron chi connectivity index (χ2n) is 6.86. The highest BCUT2D eigenvalue weighted by Crippen LogP contribution is 2.40. The van der Waals surface area contributed by atoms with Crippen LogP contribution in [0.5, 0.6) is 0 Å². The van der Waals surface area contributed by atoms with E-state index in [1.165, 1.54) is 0 Å². The molecule has 1 amide bonds. The first-order chi connectivity index (χ1) is 13.0. The van der Waals surface area contributed by atoms with Crippen LogP contribution in [0.1, 0.15) is 30.7 Å². The van der Waals surface area contributed by atoms with Crippen LogP contribution in [0, 0.1) is 0 Å². The third-order valence-corrected chi connectivity index (χ3v) is 5.62. The summed E-state index contributed by atoms with van der Waals surface area (Å²) in [6.07, 6.45) is 1.29. The second-order valence-corrected chi connectivity index (χ2v) is 7.77. The van der Waals surface area contributed by atoms with Crippen molar-refractivity contribution >= 4 is 38.4 Å². The molecule has 5 nitrogen and oxygen atoms in total. The molecular formula is C21H20BrN3O2. The number of fused-ring (bicyclic) bond motifs is 2. The average molecular weight is 426 g/mol. The Hall–Kier alpha value is -2.47. The van der Waals surface area contributed by atoms with Gasteiger partial charge < -0.3 is 4.90 Å².